The number of ether oxygens (including phenoxy) is 3. The summed E-state index contributed by atoms with van der Waals surface area (Å²) in [6, 6.07) is 7.65. The maximum Gasteiger partial charge on any atom is 0.119 e. The van der Waals surface area contributed by atoms with Crippen LogP contribution in [0.25, 0.3) is 0 Å². The van der Waals surface area contributed by atoms with E-state index in [1.165, 1.54) is 0 Å². The van der Waals surface area contributed by atoms with Crippen molar-refractivity contribution in [2.45, 2.75) is 19.4 Å². The van der Waals surface area contributed by atoms with Crippen LogP contribution >= 0.6 is 0 Å². The minimum atomic E-state index is 0.384. The molecule has 2 rings (SSSR count). The third kappa shape index (κ3) is 4.40. The summed E-state index contributed by atoms with van der Waals surface area (Å²) < 4.78 is 16.3. The van der Waals surface area contributed by atoms with E-state index in [4.69, 9.17) is 14.2 Å². The van der Waals surface area contributed by atoms with Crippen LogP contribution < -0.4 is 14.8 Å². The van der Waals surface area contributed by atoms with E-state index in [-0.39, 0.29) is 0 Å². The van der Waals surface area contributed by atoms with Gasteiger partial charge in [0.25, 0.3) is 0 Å². The Bertz CT molecular complexity index is 366. The Labute approximate surface area is 115 Å². The molecule has 0 saturated carbocycles. The zero-order valence-corrected chi connectivity index (χ0v) is 11.7. The van der Waals surface area contributed by atoms with Crippen LogP contribution in [-0.2, 0) is 4.74 Å². The highest BCUT2D eigenvalue weighted by molar-refractivity contribution is 5.31. The molecule has 1 aromatic carbocycles. The molecule has 1 aliphatic heterocycles. The lowest BCUT2D eigenvalue weighted by Crippen LogP contribution is -2.30. The van der Waals surface area contributed by atoms with Gasteiger partial charge in [-0.3, -0.25) is 0 Å². The molecule has 4 heteroatoms. The lowest BCUT2D eigenvalue weighted by atomic mass is 10.0. The number of hydrogen-bond acceptors (Lipinski definition) is 4. The second-order valence-electron chi connectivity index (χ2n) is 4.85. The van der Waals surface area contributed by atoms with Gasteiger partial charge in [-0.25, -0.2) is 0 Å². The van der Waals surface area contributed by atoms with Gasteiger partial charge in [0, 0.05) is 19.7 Å². The van der Waals surface area contributed by atoms with Crippen LogP contribution in [0.5, 0.6) is 11.5 Å². The lowest BCUT2D eigenvalue weighted by molar-refractivity contribution is 0.105. The van der Waals surface area contributed by atoms with Crippen LogP contribution in [0.3, 0.4) is 0 Å². The predicted molar refractivity (Wildman–Crippen MR) is 74.9 cm³/mol. The first kappa shape index (κ1) is 14.2. The lowest BCUT2D eigenvalue weighted by Gasteiger charge is -2.15. The number of methoxy groups -OCH3 is 1. The summed E-state index contributed by atoms with van der Waals surface area (Å²) in [7, 11) is 1.66. The van der Waals surface area contributed by atoms with Gasteiger partial charge in [0.15, 0.2) is 0 Å². The molecule has 19 heavy (non-hydrogen) atoms. The van der Waals surface area contributed by atoms with Crippen LogP contribution in [-0.4, -0.2) is 39.5 Å². The van der Waals surface area contributed by atoms with E-state index in [1.54, 1.807) is 7.11 Å². The van der Waals surface area contributed by atoms with E-state index < -0.39 is 0 Å². The SMILES string of the molecule is COc1ccc(OCCNCC2CCOC2C)cc1. The van der Waals surface area contributed by atoms with Gasteiger partial charge in [0.2, 0.25) is 0 Å². The Morgan fingerprint density at radius 2 is 2.00 bits per heavy atom. The van der Waals surface area contributed by atoms with Crippen molar-refractivity contribution in [2.24, 2.45) is 5.92 Å². The third-order valence-electron chi connectivity index (χ3n) is 3.55. The molecule has 2 atom stereocenters. The van der Waals surface area contributed by atoms with E-state index in [0.717, 1.165) is 37.6 Å². The molecule has 0 radical (unpaired) electrons. The molecule has 0 aliphatic carbocycles. The monoisotopic (exact) mass is 265 g/mol. The van der Waals surface area contributed by atoms with Crippen molar-refractivity contribution >= 4 is 0 Å². The van der Waals surface area contributed by atoms with Crippen molar-refractivity contribution in [3.8, 4) is 11.5 Å². The van der Waals surface area contributed by atoms with Crippen LogP contribution in [0.15, 0.2) is 24.3 Å². The van der Waals surface area contributed by atoms with Gasteiger partial charge in [-0.1, -0.05) is 0 Å². The molecule has 4 nitrogen and oxygen atoms in total. The number of rotatable bonds is 7. The third-order valence-corrected chi connectivity index (χ3v) is 3.55. The van der Waals surface area contributed by atoms with Gasteiger partial charge in [-0.15, -0.1) is 0 Å². The van der Waals surface area contributed by atoms with E-state index in [1.807, 2.05) is 24.3 Å². The number of hydrogen-bond donors (Lipinski definition) is 1. The maximum absolute atomic E-state index is 5.65. The molecule has 1 heterocycles. The molecule has 0 amide bonds. The summed E-state index contributed by atoms with van der Waals surface area (Å²) in [5, 5.41) is 3.42. The predicted octanol–water partition coefficient (Wildman–Crippen LogP) is 2.09. The Balaban J connectivity index is 1.58. The highest BCUT2D eigenvalue weighted by Gasteiger charge is 2.23. The summed E-state index contributed by atoms with van der Waals surface area (Å²) in [6.45, 7) is 5.58. The molecule has 1 saturated heterocycles. The second kappa shape index (κ2) is 7.36. The molecule has 106 valence electrons. The topological polar surface area (TPSA) is 39.7 Å². The molecule has 1 aliphatic rings. The zero-order valence-electron chi connectivity index (χ0n) is 11.7. The molecule has 0 bridgehead atoms. The summed E-state index contributed by atoms with van der Waals surface area (Å²) in [4.78, 5) is 0. The molecular weight excluding hydrogens is 242 g/mol. The summed E-state index contributed by atoms with van der Waals surface area (Å²) in [6.07, 6.45) is 1.54. The standard InChI is InChI=1S/C15H23NO3/c1-12-13(7-9-18-12)11-16-8-10-19-15-5-3-14(17-2)4-6-15/h3-6,12-13,16H,7-11H2,1-2H3. The van der Waals surface area contributed by atoms with E-state index >= 15 is 0 Å². The Morgan fingerprint density at radius 3 is 2.63 bits per heavy atom. The smallest absolute Gasteiger partial charge is 0.119 e. The molecule has 0 aromatic heterocycles. The van der Waals surface area contributed by atoms with Gasteiger partial charge in [0.1, 0.15) is 18.1 Å². The van der Waals surface area contributed by atoms with Crippen LogP contribution in [0.2, 0.25) is 0 Å². The molecule has 1 aromatic rings. The summed E-state index contributed by atoms with van der Waals surface area (Å²) >= 11 is 0. The van der Waals surface area contributed by atoms with E-state index in [9.17, 15) is 0 Å². The number of benzene rings is 1. The van der Waals surface area contributed by atoms with Gasteiger partial charge in [-0.05, 0) is 43.5 Å². The van der Waals surface area contributed by atoms with Crippen LogP contribution in [0.4, 0.5) is 0 Å². The summed E-state index contributed by atoms with van der Waals surface area (Å²) in [5.41, 5.74) is 0. The minimum Gasteiger partial charge on any atom is -0.497 e. The van der Waals surface area contributed by atoms with E-state index in [0.29, 0.717) is 18.6 Å². The largest absolute Gasteiger partial charge is 0.497 e. The minimum absolute atomic E-state index is 0.384. The van der Waals surface area contributed by atoms with Crippen molar-refractivity contribution in [1.29, 1.82) is 0 Å². The van der Waals surface area contributed by atoms with Gasteiger partial charge in [0.05, 0.1) is 13.2 Å². The first-order chi connectivity index (χ1) is 9.29. The normalized spacial score (nSPS) is 22.4. The second-order valence-corrected chi connectivity index (χ2v) is 4.85. The van der Waals surface area contributed by atoms with Crippen molar-refractivity contribution in [3.63, 3.8) is 0 Å². The highest BCUT2D eigenvalue weighted by atomic mass is 16.5. The maximum atomic E-state index is 5.65. The van der Waals surface area contributed by atoms with Crippen molar-refractivity contribution in [1.82, 2.24) is 5.32 Å². The van der Waals surface area contributed by atoms with Crippen LogP contribution in [0.1, 0.15) is 13.3 Å². The average molecular weight is 265 g/mol. The average Bonchev–Trinajstić information content (AvgIpc) is 2.85. The molecule has 1 N–H and O–H groups in total. The van der Waals surface area contributed by atoms with Gasteiger partial charge < -0.3 is 19.5 Å². The molecular formula is C15H23NO3. The van der Waals surface area contributed by atoms with Crippen molar-refractivity contribution in [3.05, 3.63) is 24.3 Å². The highest BCUT2D eigenvalue weighted by Crippen LogP contribution is 2.19. The molecule has 2 unspecified atom stereocenters. The van der Waals surface area contributed by atoms with Crippen LogP contribution in [0, 0.1) is 5.92 Å². The quantitative estimate of drug-likeness (QED) is 0.766. The summed E-state index contributed by atoms with van der Waals surface area (Å²) in [5.74, 6) is 2.36. The number of nitrogens with one attached hydrogen (secondary N) is 1. The first-order valence-electron chi connectivity index (χ1n) is 6.89. The van der Waals surface area contributed by atoms with Crippen molar-refractivity contribution in [2.75, 3.05) is 33.4 Å². The van der Waals surface area contributed by atoms with Gasteiger partial charge >= 0.3 is 0 Å². The first-order valence-corrected chi connectivity index (χ1v) is 6.89. The zero-order chi connectivity index (χ0) is 13.5. The molecule has 1 fully saturated rings. The fourth-order valence-electron chi connectivity index (χ4n) is 2.24. The Kier molecular flexibility index (Phi) is 5.48. The fourth-order valence-corrected chi connectivity index (χ4v) is 2.24. The Hall–Kier alpha value is -1.26. The Morgan fingerprint density at radius 1 is 1.26 bits per heavy atom. The molecule has 0 spiro atoms. The van der Waals surface area contributed by atoms with Gasteiger partial charge in [-0.2, -0.15) is 0 Å². The van der Waals surface area contributed by atoms with Crippen molar-refractivity contribution < 1.29 is 14.2 Å². The van der Waals surface area contributed by atoms with E-state index in [2.05, 4.69) is 12.2 Å². The fraction of sp³-hybridized carbons (Fsp3) is 0.600.